The number of fused-ring (bicyclic) bond motifs is 8. The largest absolute Gasteiger partial charge is 0.497 e. The molecule has 0 amide bonds. The Morgan fingerprint density at radius 3 is 1.94 bits per heavy atom. The van der Waals surface area contributed by atoms with E-state index in [9.17, 15) is 0 Å². The lowest BCUT2D eigenvalue weighted by atomic mass is 9.77. The number of hydrogen-bond donors (Lipinski definition) is 0. The Hall–Kier alpha value is -2.64. The molecule has 36 heavy (non-hydrogen) atoms. The van der Waals surface area contributed by atoms with Crippen molar-refractivity contribution in [3.63, 3.8) is 0 Å². The topological polar surface area (TPSA) is 58.6 Å². The van der Waals surface area contributed by atoms with Crippen LogP contribution in [-0.4, -0.2) is 38.6 Å². The van der Waals surface area contributed by atoms with E-state index in [1.54, 1.807) is 7.11 Å². The zero-order valence-corrected chi connectivity index (χ0v) is 21.8. The Labute approximate surface area is 212 Å². The third-order valence-corrected chi connectivity index (χ3v) is 9.24. The summed E-state index contributed by atoms with van der Waals surface area (Å²) in [7, 11) is 1.69. The van der Waals surface area contributed by atoms with Crippen molar-refractivity contribution >= 4 is 5.69 Å². The van der Waals surface area contributed by atoms with Crippen LogP contribution in [0.1, 0.15) is 44.4 Å². The van der Waals surface area contributed by atoms with Crippen molar-refractivity contribution in [3.8, 4) is 23.0 Å². The number of methoxy groups -OCH3 is 1. The standard InChI is InChI=1S/C29H35NO6/c1-16-13-33-28(3)23(16)10-20-25-22(12-30(15-32-25)18-6-8-19(31-5)9-7-18)27-21(26(20)35-28)11-24-17(2)14-34-29(24,4)36-27/h6-9,16-17,23-24H,10-15H2,1-5H3/t16-,17-,23+,24+,28+,29+/m0/s1. The summed E-state index contributed by atoms with van der Waals surface area (Å²) in [6.45, 7) is 11.3. The van der Waals surface area contributed by atoms with Gasteiger partial charge in [-0.3, -0.25) is 0 Å². The van der Waals surface area contributed by atoms with Crippen molar-refractivity contribution in [2.75, 3.05) is 32.0 Å². The highest BCUT2D eigenvalue weighted by atomic mass is 16.7. The van der Waals surface area contributed by atoms with Gasteiger partial charge in [-0.1, -0.05) is 13.8 Å². The molecule has 0 bridgehead atoms. The summed E-state index contributed by atoms with van der Waals surface area (Å²) in [6.07, 6.45) is 1.75. The molecule has 192 valence electrons. The van der Waals surface area contributed by atoms with E-state index in [1.807, 2.05) is 12.1 Å². The van der Waals surface area contributed by atoms with E-state index in [0.29, 0.717) is 44.2 Å². The van der Waals surface area contributed by atoms with Crippen molar-refractivity contribution in [2.24, 2.45) is 23.7 Å². The van der Waals surface area contributed by atoms with Crippen molar-refractivity contribution in [1.82, 2.24) is 0 Å². The lowest BCUT2D eigenvalue weighted by molar-refractivity contribution is -0.174. The molecule has 0 aliphatic carbocycles. The predicted molar refractivity (Wildman–Crippen MR) is 134 cm³/mol. The molecule has 5 heterocycles. The second-order valence-electron chi connectivity index (χ2n) is 11.5. The van der Waals surface area contributed by atoms with Gasteiger partial charge in [0.2, 0.25) is 11.6 Å². The molecule has 0 aromatic heterocycles. The number of anilines is 1. The molecule has 6 atom stereocenters. The van der Waals surface area contributed by atoms with Crippen LogP contribution in [0.15, 0.2) is 24.3 Å². The molecule has 5 aliphatic rings. The van der Waals surface area contributed by atoms with Gasteiger partial charge in [-0.2, -0.15) is 0 Å². The predicted octanol–water partition coefficient (Wildman–Crippen LogP) is 4.92. The van der Waals surface area contributed by atoms with Crippen molar-refractivity contribution in [2.45, 2.75) is 58.7 Å². The van der Waals surface area contributed by atoms with Gasteiger partial charge < -0.3 is 33.3 Å². The van der Waals surface area contributed by atoms with E-state index in [4.69, 9.17) is 28.4 Å². The maximum Gasteiger partial charge on any atom is 0.211 e. The molecule has 7 rings (SSSR count). The Bertz CT molecular complexity index is 1210. The molecular formula is C29H35NO6. The van der Waals surface area contributed by atoms with Crippen LogP contribution in [0, 0.1) is 23.7 Å². The second-order valence-corrected chi connectivity index (χ2v) is 11.5. The minimum Gasteiger partial charge on any atom is -0.497 e. The monoisotopic (exact) mass is 493 g/mol. The molecule has 0 saturated carbocycles. The molecule has 2 aromatic carbocycles. The van der Waals surface area contributed by atoms with Crippen molar-refractivity contribution < 1.29 is 28.4 Å². The maximum atomic E-state index is 6.79. The van der Waals surface area contributed by atoms with Crippen LogP contribution in [0.5, 0.6) is 23.0 Å². The quantitative estimate of drug-likeness (QED) is 0.589. The van der Waals surface area contributed by atoms with E-state index in [1.165, 1.54) is 5.56 Å². The molecule has 5 aliphatic heterocycles. The van der Waals surface area contributed by atoms with Crippen LogP contribution in [-0.2, 0) is 28.9 Å². The fourth-order valence-corrected chi connectivity index (χ4v) is 7.03. The molecule has 2 saturated heterocycles. The van der Waals surface area contributed by atoms with Gasteiger partial charge in [-0.15, -0.1) is 0 Å². The van der Waals surface area contributed by atoms with E-state index in [2.05, 4.69) is 44.7 Å². The Balaban J connectivity index is 1.36. The van der Waals surface area contributed by atoms with Gasteiger partial charge in [-0.25, -0.2) is 0 Å². The van der Waals surface area contributed by atoms with Crippen molar-refractivity contribution in [1.29, 1.82) is 0 Å². The van der Waals surface area contributed by atoms with E-state index < -0.39 is 11.6 Å². The van der Waals surface area contributed by atoms with Gasteiger partial charge in [0.05, 0.1) is 32.4 Å². The smallest absolute Gasteiger partial charge is 0.211 e. The average molecular weight is 494 g/mol. The highest BCUT2D eigenvalue weighted by molar-refractivity contribution is 5.67. The summed E-state index contributed by atoms with van der Waals surface area (Å²) in [5, 5.41) is 0. The number of ether oxygens (including phenoxy) is 6. The minimum atomic E-state index is -0.643. The first-order valence-corrected chi connectivity index (χ1v) is 13.2. The molecule has 0 spiro atoms. The van der Waals surface area contributed by atoms with Gasteiger partial charge in [0, 0.05) is 42.5 Å². The Kier molecular flexibility index (Phi) is 4.81. The van der Waals surface area contributed by atoms with Crippen LogP contribution in [0.3, 0.4) is 0 Å². The van der Waals surface area contributed by atoms with Crippen LogP contribution in [0.25, 0.3) is 0 Å². The SMILES string of the molecule is COc1ccc(N2COc3c4c(c5c(c3C2)O[C@@]2(C)OC[C@H](C)[C@H]2C5)O[C@@]2(C)OC[C@H](C)[C@H]2C4)cc1. The highest BCUT2D eigenvalue weighted by Gasteiger charge is 2.55. The zero-order chi connectivity index (χ0) is 24.8. The van der Waals surface area contributed by atoms with E-state index >= 15 is 0 Å². The number of benzene rings is 2. The Morgan fingerprint density at radius 2 is 1.36 bits per heavy atom. The van der Waals surface area contributed by atoms with E-state index in [-0.39, 0.29) is 5.92 Å². The first-order valence-electron chi connectivity index (χ1n) is 13.2. The van der Waals surface area contributed by atoms with Crippen LogP contribution in [0.4, 0.5) is 5.69 Å². The first-order chi connectivity index (χ1) is 17.3. The van der Waals surface area contributed by atoms with Gasteiger partial charge >= 0.3 is 0 Å². The van der Waals surface area contributed by atoms with Gasteiger partial charge in [-0.05, 0) is 48.9 Å². The van der Waals surface area contributed by atoms with Crippen LogP contribution >= 0.6 is 0 Å². The minimum absolute atomic E-state index is 0.270. The Morgan fingerprint density at radius 1 is 0.806 bits per heavy atom. The normalized spacial score (nSPS) is 35.9. The van der Waals surface area contributed by atoms with Gasteiger partial charge in [0.25, 0.3) is 0 Å². The van der Waals surface area contributed by atoms with Gasteiger partial charge in [0.1, 0.15) is 23.0 Å². The fourth-order valence-electron chi connectivity index (χ4n) is 7.03. The van der Waals surface area contributed by atoms with E-state index in [0.717, 1.165) is 52.7 Å². The van der Waals surface area contributed by atoms with Crippen molar-refractivity contribution in [3.05, 3.63) is 41.0 Å². The fraction of sp³-hybridized carbons (Fsp3) is 0.586. The molecule has 2 fully saturated rings. The average Bonchev–Trinajstić information content (AvgIpc) is 3.35. The number of rotatable bonds is 2. The van der Waals surface area contributed by atoms with Gasteiger partial charge in [0.15, 0.2) is 6.73 Å². The zero-order valence-electron chi connectivity index (χ0n) is 21.8. The molecular weight excluding hydrogens is 458 g/mol. The maximum absolute atomic E-state index is 6.79. The summed E-state index contributed by atoms with van der Waals surface area (Å²) < 4.78 is 37.9. The number of nitrogens with zero attached hydrogens (tertiary/aromatic N) is 1. The lowest BCUT2D eigenvalue weighted by Gasteiger charge is -2.45. The molecule has 0 radical (unpaired) electrons. The molecule has 2 aromatic rings. The highest BCUT2D eigenvalue weighted by Crippen LogP contribution is 2.58. The molecule has 7 nitrogen and oxygen atoms in total. The van der Waals surface area contributed by atoms with Crippen LogP contribution < -0.4 is 23.8 Å². The first kappa shape index (κ1) is 22.5. The molecule has 7 heteroatoms. The third-order valence-electron chi connectivity index (χ3n) is 9.24. The summed E-state index contributed by atoms with van der Waals surface area (Å²) in [6, 6.07) is 8.12. The van der Waals surface area contributed by atoms with Crippen LogP contribution in [0.2, 0.25) is 0 Å². The summed E-state index contributed by atoms with van der Waals surface area (Å²) in [5.74, 6) is 3.68. The number of hydrogen-bond acceptors (Lipinski definition) is 7. The summed E-state index contributed by atoms with van der Waals surface area (Å²) >= 11 is 0. The second kappa shape index (κ2) is 7.68. The summed E-state index contributed by atoms with van der Waals surface area (Å²) in [5.41, 5.74) is 4.50. The summed E-state index contributed by atoms with van der Waals surface area (Å²) in [4.78, 5) is 2.24. The lowest BCUT2D eigenvalue weighted by Crippen LogP contribution is -2.48. The third kappa shape index (κ3) is 3.11. The molecule has 0 unspecified atom stereocenters. The molecule has 0 N–H and O–H groups in total.